The first-order valence-corrected chi connectivity index (χ1v) is 5.46. The molecule has 0 saturated heterocycles. The molecule has 1 heterocycles. The maximum Gasteiger partial charge on any atom is 0.339 e. The van der Waals surface area contributed by atoms with Gasteiger partial charge in [-0.1, -0.05) is 0 Å². The fourth-order valence-corrected chi connectivity index (χ4v) is 1.92. The molecule has 0 bridgehead atoms. The first kappa shape index (κ1) is 12.7. The molecule has 7 heteroatoms. The van der Waals surface area contributed by atoms with Crippen LogP contribution in [0.2, 0.25) is 0 Å². The van der Waals surface area contributed by atoms with Gasteiger partial charge in [0.2, 0.25) is 0 Å². The molecule has 98 valence electrons. The van der Waals surface area contributed by atoms with Crippen LogP contribution < -0.4 is 0 Å². The SMILES string of the molecule is Cc1nn(-c2ccc([N+](=O)[O-])cc2)c(C)c1C(=O)O. The molecule has 0 atom stereocenters. The summed E-state index contributed by atoms with van der Waals surface area (Å²) in [6, 6.07) is 5.77. The van der Waals surface area contributed by atoms with Gasteiger partial charge in [-0.25, -0.2) is 9.48 Å². The number of nitrogens with zero attached hydrogens (tertiary/aromatic N) is 3. The molecule has 0 saturated carbocycles. The van der Waals surface area contributed by atoms with E-state index in [9.17, 15) is 14.9 Å². The second-order valence-electron chi connectivity index (χ2n) is 4.04. The van der Waals surface area contributed by atoms with E-state index < -0.39 is 10.9 Å². The van der Waals surface area contributed by atoms with Gasteiger partial charge in [-0.3, -0.25) is 10.1 Å². The van der Waals surface area contributed by atoms with Crippen molar-refractivity contribution in [1.82, 2.24) is 9.78 Å². The van der Waals surface area contributed by atoms with Gasteiger partial charge in [-0.15, -0.1) is 0 Å². The van der Waals surface area contributed by atoms with Crippen LogP contribution in [0.3, 0.4) is 0 Å². The van der Waals surface area contributed by atoms with Gasteiger partial charge in [-0.05, 0) is 26.0 Å². The molecule has 2 aromatic rings. The van der Waals surface area contributed by atoms with Gasteiger partial charge in [0.1, 0.15) is 5.56 Å². The molecule has 2 rings (SSSR count). The lowest BCUT2D eigenvalue weighted by Crippen LogP contribution is -2.02. The van der Waals surface area contributed by atoms with Crippen LogP contribution in [0, 0.1) is 24.0 Å². The number of rotatable bonds is 3. The van der Waals surface area contributed by atoms with Gasteiger partial charge < -0.3 is 5.11 Å². The first-order valence-electron chi connectivity index (χ1n) is 5.46. The van der Waals surface area contributed by atoms with E-state index >= 15 is 0 Å². The Morgan fingerprint density at radius 1 is 1.32 bits per heavy atom. The van der Waals surface area contributed by atoms with E-state index in [1.165, 1.54) is 28.9 Å². The molecule has 0 unspecified atom stereocenters. The van der Waals surface area contributed by atoms with Crippen molar-refractivity contribution in [3.63, 3.8) is 0 Å². The Morgan fingerprint density at radius 3 is 2.32 bits per heavy atom. The molecular formula is C12H11N3O4. The van der Waals surface area contributed by atoms with Gasteiger partial charge >= 0.3 is 5.97 Å². The summed E-state index contributed by atoms with van der Waals surface area (Å²) in [6.07, 6.45) is 0. The van der Waals surface area contributed by atoms with E-state index in [2.05, 4.69) is 5.10 Å². The molecule has 0 fully saturated rings. The summed E-state index contributed by atoms with van der Waals surface area (Å²) in [4.78, 5) is 21.2. The minimum Gasteiger partial charge on any atom is -0.478 e. The number of benzene rings is 1. The van der Waals surface area contributed by atoms with E-state index in [4.69, 9.17) is 5.11 Å². The maximum atomic E-state index is 11.1. The summed E-state index contributed by atoms with van der Waals surface area (Å²) in [5.41, 5.74) is 1.60. The minimum atomic E-state index is -1.04. The molecule has 0 aliphatic heterocycles. The average molecular weight is 261 g/mol. The van der Waals surface area contributed by atoms with Crippen LogP contribution in [-0.4, -0.2) is 25.8 Å². The van der Waals surface area contributed by atoms with Crippen molar-refractivity contribution in [2.45, 2.75) is 13.8 Å². The van der Waals surface area contributed by atoms with Gasteiger partial charge in [0.05, 0.1) is 22.0 Å². The van der Waals surface area contributed by atoms with Crippen LogP contribution in [0.25, 0.3) is 5.69 Å². The molecular weight excluding hydrogens is 250 g/mol. The van der Waals surface area contributed by atoms with Crippen LogP contribution in [0.5, 0.6) is 0 Å². The van der Waals surface area contributed by atoms with E-state index in [-0.39, 0.29) is 11.3 Å². The predicted molar refractivity (Wildman–Crippen MR) is 66.7 cm³/mol. The summed E-state index contributed by atoms with van der Waals surface area (Å²) in [5.74, 6) is -1.04. The first-order chi connectivity index (χ1) is 8.91. The number of carbonyl (C=O) groups is 1. The number of nitro benzene ring substituents is 1. The molecule has 0 aliphatic rings. The minimum absolute atomic E-state index is 0.0243. The third-order valence-electron chi connectivity index (χ3n) is 2.81. The highest BCUT2D eigenvalue weighted by Gasteiger charge is 2.18. The molecule has 0 aliphatic carbocycles. The van der Waals surface area contributed by atoms with E-state index in [1.54, 1.807) is 13.8 Å². The van der Waals surface area contributed by atoms with Crippen LogP contribution in [0.15, 0.2) is 24.3 Å². The van der Waals surface area contributed by atoms with E-state index in [0.29, 0.717) is 17.1 Å². The summed E-state index contributed by atoms with van der Waals surface area (Å²) in [6.45, 7) is 3.25. The quantitative estimate of drug-likeness (QED) is 0.673. The molecule has 0 spiro atoms. The zero-order valence-electron chi connectivity index (χ0n) is 10.3. The lowest BCUT2D eigenvalue weighted by molar-refractivity contribution is -0.384. The third-order valence-corrected chi connectivity index (χ3v) is 2.81. The van der Waals surface area contributed by atoms with Crippen molar-refractivity contribution < 1.29 is 14.8 Å². The highest BCUT2D eigenvalue weighted by atomic mass is 16.6. The summed E-state index contributed by atoms with van der Waals surface area (Å²) < 4.78 is 1.46. The zero-order valence-corrected chi connectivity index (χ0v) is 10.3. The number of carboxylic acids is 1. The number of aryl methyl sites for hydroxylation is 1. The topological polar surface area (TPSA) is 98.3 Å². The number of carboxylic acid groups (broad SMARTS) is 1. The van der Waals surface area contributed by atoms with Crippen molar-refractivity contribution in [3.8, 4) is 5.69 Å². The largest absolute Gasteiger partial charge is 0.478 e. The Balaban J connectivity index is 2.51. The zero-order chi connectivity index (χ0) is 14.2. The fraction of sp³-hybridized carbons (Fsp3) is 0.167. The second-order valence-corrected chi connectivity index (χ2v) is 4.04. The highest BCUT2D eigenvalue weighted by molar-refractivity contribution is 5.90. The van der Waals surface area contributed by atoms with E-state index in [1.807, 2.05) is 0 Å². The maximum absolute atomic E-state index is 11.1. The van der Waals surface area contributed by atoms with Gasteiger partial charge in [0.25, 0.3) is 5.69 Å². The number of aromatic nitrogens is 2. The lowest BCUT2D eigenvalue weighted by Gasteiger charge is -2.03. The number of nitro groups is 1. The second kappa shape index (κ2) is 4.52. The van der Waals surface area contributed by atoms with Crippen molar-refractivity contribution in [1.29, 1.82) is 0 Å². The van der Waals surface area contributed by atoms with Crippen molar-refractivity contribution >= 4 is 11.7 Å². The molecule has 0 amide bonds. The van der Waals surface area contributed by atoms with Crippen molar-refractivity contribution in [2.75, 3.05) is 0 Å². The van der Waals surface area contributed by atoms with Crippen LogP contribution in [0.1, 0.15) is 21.7 Å². The molecule has 19 heavy (non-hydrogen) atoms. The smallest absolute Gasteiger partial charge is 0.339 e. The molecule has 1 N–H and O–H groups in total. The molecule has 1 aromatic carbocycles. The molecule has 1 aromatic heterocycles. The highest BCUT2D eigenvalue weighted by Crippen LogP contribution is 2.20. The van der Waals surface area contributed by atoms with Crippen LogP contribution in [-0.2, 0) is 0 Å². The van der Waals surface area contributed by atoms with Gasteiger partial charge in [0, 0.05) is 12.1 Å². The lowest BCUT2D eigenvalue weighted by atomic mass is 10.2. The van der Waals surface area contributed by atoms with Gasteiger partial charge in [-0.2, -0.15) is 5.10 Å². The Kier molecular flexibility index (Phi) is 3.04. The third kappa shape index (κ3) is 2.17. The standard InChI is InChI=1S/C12H11N3O4/c1-7-11(12(16)17)8(2)14(13-7)9-3-5-10(6-4-9)15(18)19/h3-6H,1-2H3,(H,16,17). The van der Waals surface area contributed by atoms with Crippen molar-refractivity contribution in [2.24, 2.45) is 0 Å². The number of non-ortho nitro benzene ring substituents is 1. The average Bonchev–Trinajstić information content (AvgIpc) is 2.65. The number of hydrogen-bond acceptors (Lipinski definition) is 4. The number of aromatic carboxylic acids is 1. The predicted octanol–water partition coefficient (Wildman–Crippen LogP) is 2.10. The number of hydrogen-bond donors (Lipinski definition) is 1. The fourth-order valence-electron chi connectivity index (χ4n) is 1.92. The van der Waals surface area contributed by atoms with Crippen molar-refractivity contribution in [3.05, 3.63) is 51.3 Å². The molecule has 0 radical (unpaired) electrons. The van der Waals surface area contributed by atoms with E-state index in [0.717, 1.165) is 0 Å². The summed E-state index contributed by atoms with van der Waals surface area (Å²) >= 11 is 0. The monoisotopic (exact) mass is 261 g/mol. The van der Waals surface area contributed by atoms with Crippen LogP contribution >= 0.6 is 0 Å². The summed E-state index contributed by atoms with van der Waals surface area (Å²) in [7, 11) is 0. The normalized spacial score (nSPS) is 10.4. The Morgan fingerprint density at radius 2 is 1.89 bits per heavy atom. The Hall–Kier alpha value is -2.70. The van der Waals surface area contributed by atoms with Crippen LogP contribution in [0.4, 0.5) is 5.69 Å². The van der Waals surface area contributed by atoms with Gasteiger partial charge in [0.15, 0.2) is 0 Å². The summed E-state index contributed by atoms with van der Waals surface area (Å²) in [5, 5.41) is 23.8. The Labute approximate surface area is 108 Å². The molecule has 7 nitrogen and oxygen atoms in total. The Bertz CT molecular complexity index is 658.